The number of hydrogen-bond donors (Lipinski definition) is 0. The third-order valence-electron chi connectivity index (χ3n) is 3.97. The zero-order chi connectivity index (χ0) is 21.1. The first kappa shape index (κ1) is 23.3. The molecule has 27 heavy (non-hydrogen) atoms. The average molecular weight is 408 g/mol. The SMILES string of the molecule is CCCCCCc1ccc(C(=O)C(F)(F)C(F)(F)C(F)(F)C(F)(F)F)cc1. The number of aryl methyl sites for hydroxylation is 1. The van der Waals surface area contributed by atoms with Crippen LogP contribution in [0.4, 0.5) is 39.5 Å². The van der Waals surface area contributed by atoms with Crippen LogP contribution in [0.5, 0.6) is 0 Å². The highest BCUT2D eigenvalue weighted by Gasteiger charge is 2.83. The molecule has 0 aliphatic heterocycles. The molecule has 0 aliphatic carbocycles. The summed E-state index contributed by atoms with van der Waals surface area (Å²) in [5.41, 5.74) is -0.506. The molecule has 10 heteroatoms. The van der Waals surface area contributed by atoms with Crippen molar-refractivity contribution in [2.24, 2.45) is 0 Å². The molecule has 0 aliphatic rings. The van der Waals surface area contributed by atoms with Crippen molar-refractivity contribution in [3.05, 3.63) is 35.4 Å². The number of unbranched alkanes of at least 4 members (excludes halogenated alkanes) is 3. The summed E-state index contributed by atoms with van der Waals surface area (Å²) in [4.78, 5) is 11.6. The van der Waals surface area contributed by atoms with Gasteiger partial charge in [-0.1, -0.05) is 50.5 Å². The average Bonchev–Trinajstić information content (AvgIpc) is 2.57. The molecule has 0 N–H and O–H groups in total. The molecule has 0 bridgehead atoms. The molecule has 154 valence electrons. The Morgan fingerprint density at radius 3 is 1.74 bits per heavy atom. The molecular weight excluding hydrogens is 391 g/mol. The smallest absolute Gasteiger partial charge is 0.287 e. The van der Waals surface area contributed by atoms with Gasteiger partial charge < -0.3 is 0 Å². The minimum absolute atomic E-state index is 0.507. The predicted molar refractivity (Wildman–Crippen MR) is 79.5 cm³/mol. The normalized spacial score (nSPS) is 13.7. The number of Topliss-reactive ketones (excluding diaryl/α,β-unsaturated/α-hetero) is 1. The minimum atomic E-state index is -7.08. The number of alkyl halides is 9. The number of carbonyl (C=O) groups excluding carboxylic acids is 1. The van der Waals surface area contributed by atoms with Crippen LogP contribution in [0, 0.1) is 0 Å². The van der Waals surface area contributed by atoms with Crippen LogP contribution in [-0.4, -0.2) is 29.7 Å². The molecule has 0 saturated heterocycles. The quantitative estimate of drug-likeness (QED) is 0.260. The topological polar surface area (TPSA) is 17.1 Å². The number of halogens is 9. The van der Waals surface area contributed by atoms with Gasteiger partial charge in [-0.25, -0.2) is 0 Å². The fourth-order valence-corrected chi connectivity index (χ4v) is 2.28. The highest BCUT2D eigenvalue weighted by molar-refractivity contribution is 6.02. The van der Waals surface area contributed by atoms with Gasteiger partial charge in [-0.3, -0.25) is 4.79 Å². The maximum absolute atomic E-state index is 13.6. The lowest BCUT2D eigenvalue weighted by Gasteiger charge is -2.32. The molecule has 0 saturated carbocycles. The van der Waals surface area contributed by atoms with Crippen LogP contribution >= 0.6 is 0 Å². The number of hydrogen-bond acceptors (Lipinski definition) is 1. The predicted octanol–water partition coefficient (Wildman–Crippen LogP) is 6.46. The van der Waals surface area contributed by atoms with Crippen LogP contribution in [0.25, 0.3) is 0 Å². The first-order chi connectivity index (χ1) is 12.2. The third-order valence-corrected chi connectivity index (χ3v) is 3.97. The van der Waals surface area contributed by atoms with E-state index in [4.69, 9.17) is 0 Å². The van der Waals surface area contributed by atoms with Crippen LogP contribution in [0.3, 0.4) is 0 Å². The Bertz CT molecular complexity index is 633. The highest BCUT2D eigenvalue weighted by atomic mass is 19.4. The second kappa shape index (κ2) is 8.10. The summed E-state index contributed by atoms with van der Waals surface area (Å²) in [6, 6.07) is 3.73. The molecule has 0 radical (unpaired) electrons. The molecule has 1 aromatic rings. The van der Waals surface area contributed by atoms with Gasteiger partial charge in [0.05, 0.1) is 0 Å². The van der Waals surface area contributed by atoms with E-state index in [9.17, 15) is 44.3 Å². The van der Waals surface area contributed by atoms with E-state index in [2.05, 4.69) is 0 Å². The van der Waals surface area contributed by atoms with Crippen molar-refractivity contribution in [1.82, 2.24) is 0 Å². The van der Waals surface area contributed by atoms with Crippen LogP contribution in [-0.2, 0) is 6.42 Å². The van der Waals surface area contributed by atoms with Crippen molar-refractivity contribution in [3.63, 3.8) is 0 Å². The number of carbonyl (C=O) groups is 1. The molecule has 0 aromatic heterocycles. The molecule has 1 aromatic carbocycles. The Morgan fingerprint density at radius 2 is 1.30 bits per heavy atom. The maximum Gasteiger partial charge on any atom is 0.460 e. The molecule has 0 atom stereocenters. The Balaban J connectivity index is 3.02. The third kappa shape index (κ3) is 4.57. The second-order valence-electron chi connectivity index (χ2n) is 6.06. The van der Waals surface area contributed by atoms with Gasteiger partial charge >= 0.3 is 23.9 Å². The fourth-order valence-electron chi connectivity index (χ4n) is 2.28. The van der Waals surface area contributed by atoms with Gasteiger partial charge in [-0.15, -0.1) is 0 Å². The lowest BCUT2D eigenvalue weighted by Crippen LogP contribution is -2.63. The largest absolute Gasteiger partial charge is 0.460 e. The summed E-state index contributed by atoms with van der Waals surface area (Å²) in [6.45, 7) is 1.98. The fraction of sp³-hybridized carbons (Fsp3) is 0.588. The van der Waals surface area contributed by atoms with Crippen LogP contribution in [0.15, 0.2) is 24.3 Å². The summed E-state index contributed by atoms with van der Waals surface area (Å²) < 4.78 is 116. The highest BCUT2D eigenvalue weighted by Crippen LogP contribution is 2.53. The van der Waals surface area contributed by atoms with Gasteiger partial charge in [-0.2, -0.15) is 39.5 Å². The monoisotopic (exact) mass is 408 g/mol. The van der Waals surface area contributed by atoms with Crippen molar-refractivity contribution >= 4 is 5.78 Å². The molecule has 0 fully saturated rings. The Kier molecular flexibility index (Phi) is 6.99. The molecule has 0 amide bonds. The van der Waals surface area contributed by atoms with Crippen molar-refractivity contribution in [2.75, 3.05) is 0 Å². The Labute approximate surface area is 149 Å². The number of ketones is 1. The van der Waals surface area contributed by atoms with Gasteiger partial charge in [-0.05, 0) is 18.4 Å². The van der Waals surface area contributed by atoms with Gasteiger partial charge in [0.25, 0.3) is 0 Å². The lowest BCUT2D eigenvalue weighted by molar-refractivity contribution is -0.386. The van der Waals surface area contributed by atoms with E-state index in [1.54, 1.807) is 0 Å². The van der Waals surface area contributed by atoms with E-state index >= 15 is 0 Å². The molecular formula is C17H17F9O. The standard InChI is InChI=1S/C17H17F9O/c1-2-3-4-5-6-11-7-9-12(10-8-11)13(27)14(18,19)15(20,21)16(22,23)17(24,25)26/h7-10H,2-6H2,1H3. The summed E-state index contributed by atoms with van der Waals surface area (Å²) in [7, 11) is 0. The van der Waals surface area contributed by atoms with E-state index in [1.807, 2.05) is 6.92 Å². The van der Waals surface area contributed by atoms with Gasteiger partial charge in [0.15, 0.2) is 0 Å². The molecule has 1 nitrogen and oxygen atoms in total. The van der Waals surface area contributed by atoms with Crippen LogP contribution in [0.2, 0.25) is 0 Å². The molecule has 0 spiro atoms. The van der Waals surface area contributed by atoms with Gasteiger partial charge in [0, 0.05) is 5.56 Å². The van der Waals surface area contributed by atoms with E-state index in [0.717, 1.165) is 37.8 Å². The summed E-state index contributed by atoms with van der Waals surface area (Å²) >= 11 is 0. The molecule has 0 heterocycles. The van der Waals surface area contributed by atoms with E-state index in [1.165, 1.54) is 0 Å². The van der Waals surface area contributed by atoms with Crippen molar-refractivity contribution in [3.8, 4) is 0 Å². The van der Waals surface area contributed by atoms with E-state index < -0.39 is 35.3 Å². The zero-order valence-corrected chi connectivity index (χ0v) is 14.2. The van der Waals surface area contributed by atoms with Gasteiger partial charge in [0.2, 0.25) is 5.78 Å². The lowest BCUT2D eigenvalue weighted by atomic mass is 9.94. The molecule has 1 rings (SSSR count). The first-order valence-corrected chi connectivity index (χ1v) is 8.04. The summed E-state index contributed by atoms with van der Waals surface area (Å²) in [5, 5.41) is 0. The van der Waals surface area contributed by atoms with Crippen molar-refractivity contribution < 1.29 is 44.3 Å². The van der Waals surface area contributed by atoms with E-state index in [0.29, 0.717) is 24.1 Å². The number of benzene rings is 1. The molecule has 0 unspecified atom stereocenters. The zero-order valence-electron chi connectivity index (χ0n) is 14.2. The number of rotatable bonds is 9. The summed E-state index contributed by atoms with van der Waals surface area (Å²) in [5.74, 6) is -23.1. The van der Waals surface area contributed by atoms with E-state index in [-0.39, 0.29) is 0 Å². The first-order valence-electron chi connectivity index (χ1n) is 8.04. The second-order valence-corrected chi connectivity index (χ2v) is 6.06. The van der Waals surface area contributed by atoms with Crippen molar-refractivity contribution in [2.45, 2.75) is 63.0 Å². The van der Waals surface area contributed by atoms with Gasteiger partial charge in [0.1, 0.15) is 0 Å². The van der Waals surface area contributed by atoms with Crippen LogP contribution in [0.1, 0.15) is 48.5 Å². The Hall–Kier alpha value is -1.74. The summed E-state index contributed by atoms with van der Waals surface area (Å²) in [6.07, 6.45) is -2.89. The van der Waals surface area contributed by atoms with Crippen LogP contribution < -0.4 is 0 Å². The van der Waals surface area contributed by atoms with Crippen molar-refractivity contribution in [1.29, 1.82) is 0 Å². The maximum atomic E-state index is 13.6. The Morgan fingerprint density at radius 1 is 0.778 bits per heavy atom. The minimum Gasteiger partial charge on any atom is -0.287 e.